The Balaban J connectivity index is 1.47. The predicted octanol–water partition coefficient (Wildman–Crippen LogP) is 8.91. The van der Waals surface area contributed by atoms with E-state index >= 15 is 0 Å². The molecule has 6 rings (SSSR count). The maximum Gasteiger partial charge on any atom is 0.0768 e. The number of benzene rings is 3. The fourth-order valence-corrected chi connectivity index (χ4v) is 6.12. The Labute approximate surface area is 255 Å². The van der Waals surface area contributed by atoms with E-state index in [1.54, 1.807) is 0 Å². The van der Waals surface area contributed by atoms with Crippen LogP contribution in [0.5, 0.6) is 0 Å². The molecule has 0 spiro atoms. The lowest BCUT2D eigenvalue weighted by Gasteiger charge is -2.33. The fraction of sp³-hybridized carbons (Fsp3) is 0.175. The van der Waals surface area contributed by atoms with Crippen molar-refractivity contribution in [3.63, 3.8) is 0 Å². The molecule has 6 aromatic rings. The minimum atomic E-state index is -0.525. The van der Waals surface area contributed by atoms with Gasteiger partial charge in [-0.25, -0.2) is 0 Å². The molecule has 0 aliphatic rings. The third kappa shape index (κ3) is 5.06. The lowest BCUT2D eigenvalue weighted by Crippen LogP contribution is -2.31. The van der Waals surface area contributed by atoms with Crippen molar-refractivity contribution in [1.29, 1.82) is 0 Å². The Kier molecular flexibility index (Phi) is 7.50. The molecule has 3 aromatic heterocycles. The fourth-order valence-electron chi connectivity index (χ4n) is 6.12. The van der Waals surface area contributed by atoms with Gasteiger partial charge >= 0.3 is 0 Å². The van der Waals surface area contributed by atoms with Crippen molar-refractivity contribution in [2.75, 3.05) is 0 Å². The van der Waals surface area contributed by atoms with E-state index in [4.69, 9.17) is 15.0 Å². The monoisotopic (exact) mass is 559 g/mol. The molecule has 0 amide bonds. The maximum absolute atomic E-state index is 5.40. The van der Waals surface area contributed by atoms with Gasteiger partial charge in [-0.2, -0.15) is 0 Å². The normalized spacial score (nSPS) is 13.3. The average molecular weight is 560 g/mol. The summed E-state index contributed by atoms with van der Waals surface area (Å²) >= 11 is 0. The second kappa shape index (κ2) is 11.4. The SMILES string of the molecule is CC(C)(c1cccc(C(C)(c2ccccc2)c2ccccc2)n1)c1cccc(C(C)(c2ccccc2)c2ccccn2)n1. The first-order valence-electron chi connectivity index (χ1n) is 14.9. The van der Waals surface area contributed by atoms with Gasteiger partial charge in [-0.1, -0.05) is 109 Å². The van der Waals surface area contributed by atoms with E-state index in [0.717, 1.165) is 34.0 Å². The van der Waals surface area contributed by atoms with Gasteiger partial charge in [0.15, 0.2) is 0 Å². The van der Waals surface area contributed by atoms with E-state index in [0.29, 0.717) is 0 Å². The van der Waals surface area contributed by atoms with Crippen molar-refractivity contribution >= 4 is 0 Å². The standard InChI is InChI=1S/C40H37N3/c1-38(2,33-25-16-27-36(42-33)39(3,30-18-8-5-9-19-30)31-20-10-6-11-21-31)34-26-17-28-37(43-34)40(4,32-22-12-7-13-23-32)35-24-14-15-29-41-35/h5-29H,1-4H3. The van der Waals surface area contributed by atoms with Gasteiger partial charge in [0.05, 0.1) is 39.3 Å². The van der Waals surface area contributed by atoms with E-state index in [1.165, 1.54) is 11.1 Å². The first-order chi connectivity index (χ1) is 20.8. The molecule has 3 heterocycles. The summed E-state index contributed by atoms with van der Waals surface area (Å²) in [5.41, 5.74) is 7.03. The molecule has 3 heteroatoms. The summed E-state index contributed by atoms with van der Waals surface area (Å²) in [6, 6.07) is 50.7. The third-order valence-corrected chi connectivity index (χ3v) is 9.03. The molecule has 0 N–H and O–H groups in total. The van der Waals surface area contributed by atoms with Crippen molar-refractivity contribution in [3.05, 3.63) is 197 Å². The largest absolute Gasteiger partial charge is 0.260 e. The van der Waals surface area contributed by atoms with Crippen molar-refractivity contribution in [2.45, 2.75) is 43.9 Å². The van der Waals surface area contributed by atoms with Gasteiger partial charge in [-0.05, 0) is 80.8 Å². The Morgan fingerprint density at radius 3 is 1.16 bits per heavy atom. The second-order valence-corrected chi connectivity index (χ2v) is 12.0. The van der Waals surface area contributed by atoms with Gasteiger partial charge in [-0.3, -0.25) is 15.0 Å². The van der Waals surface area contributed by atoms with Crippen molar-refractivity contribution in [1.82, 2.24) is 15.0 Å². The molecule has 0 aliphatic heterocycles. The summed E-state index contributed by atoms with van der Waals surface area (Å²) in [7, 11) is 0. The third-order valence-electron chi connectivity index (χ3n) is 9.03. The molecule has 0 aliphatic carbocycles. The van der Waals surface area contributed by atoms with Crippen LogP contribution in [0.2, 0.25) is 0 Å². The summed E-state index contributed by atoms with van der Waals surface area (Å²) in [6.07, 6.45) is 1.86. The van der Waals surface area contributed by atoms with Crippen molar-refractivity contribution in [2.24, 2.45) is 0 Å². The Hall–Kier alpha value is -4.89. The van der Waals surface area contributed by atoms with Gasteiger partial charge in [0.2, 0.25) is 0 Å². The van der Waals surface area contributed by atoms with E-state index in [9.17, 15) is 0 Å². The molecule has 0 bridgehead atoms. The van der Waals surface area contributed by atoms with Crippen molar-refractivity contribution < 1.29 is 0 Å². The quantitative estimate of drug-likeness (QED) is 0.187. The van der Waals surface area contributed by atoms with Crippen LogP contribution in [-0.2, 0) is 16.2 Å². The summed E-state index contributed by atoms with van der Waals surface area (Å²) in [5, 5.41) is 0. The minimum Gasteiger partial charge on any atom is -0.260 e. The summed E-state index contributed by atoms with van der Waals surface area (Å²) in [5.74, 6) is 0. The number of nitrogens with zero attached hydrogens (tertiary/aromatic N) is 3. The van der Waals surface area contributed by atoms with Gasteiger partial charge in [0, 0.05) is 11.6 Å². The lowest BCUT2D eigenvalue weighted by atomic mass is 9.73. The molecule has 0 radical (unpaired) electrons. The molecular weight excluding hydrogens is 522 g/mol. The van der Waals surface area contributed by atoms with Gasteiger partial charge in [0.1, 0.15) is 0 Å². The van der Waals surface area contributed by atoms with E-state index < -0.39 is 16.2 Å². The van der Waals surface area contributed by atoms with Crippen LogP contribution in [0.4, 0.5) is 0 Å². The zero-order valence-corrected chi connectivity index (χ0v) is 25.3. The molecule has 212 valence electrons. The topological polar surface area (TPSA) is 38.7 Å². The van der Waals surface area contributed by atoms with E-state index in [1.807, 2.05) is 24.4 Å². The van der Waals surface area contributed by atoms with Crippen LogP contribution in [0.1, 0.15) is 72.9 Å². The highest BCUT2D eigenvalue weighted by molar-refractivity contribution is 5.49. The molecule has 0 fully saturated rings. The van der Waals surface area contributed by atoms with Crippen LogP contribution < -0.4 is 0 Å². The molecule has 3 aromatic carbocycles. The molecule has 1 unspecified atom stereocenters. The number of pyridine rings is 3. The lowest BCUT2D eigenvalue weighted by molar-refractivity contribution is 0.562. The van der Waals surface area contributed by atoms with Crippen LogP contribution in [0, 0.1) is 0 Å². The van der Waals surface area contributed by atoms with Crippen molar-refractivity contribution in [3.8, 4) is 0 Å². The van der Waals surface area contributed by atoms with Gasteiger partial charge < -0.3 is 0 Å². The Morgan fingerprint density at radius 2 is 0.721 bits per heavy atom. The van der Waals surface area contributed by atoms with Crippen LogP contribution in [0.25, 0.3) is 0 Å². The number of hydrogen-bond acceptors (Lipinski definition) is 3. The first kappa shape index (κ1) is 28.2. The molecule has 0 saturated carbocycles. The minimum absolute atomic E-state index is 0.422. The van der Waals surface area contributed by atoms with Crippen LogP contribution in [0.3, 0.4) is 0 Å². The summed E-state index contributed by atoms with van der Waals surface area (Å²) in [6.45, 7) is 8.92. The van der Waals surface area contributed by atoms with Crippen LogP contribution in [-0.4, -0.2) is 15.0 Å². The molecule has 43 heavy (non-hydrogen) atoms. The zero-order valence-electron chi connectivity index (χ0n) is 25.3. The first-order valence-corrected chi connectivity index (χ1v) is 14.9. The Morgan fingerprint density at radius 1 is 0.349 bits per heavy atom. The van der Waals surface area contributed by atoms with Crippen LogP contribution in [0.15, 0.2) is 152 Å². The summed E-state index contributed by atoms with van der Waals surface area (Å²) in [4.78, 5) is 15.6. The number of hydrogen-bond donors (Lipinski definition) is 0. The highest BCUT2D eigenvalue weighted by atomic mass is 14.8. The Bertz CT molecular complexity index is 1580. The zero-order chi connectivity index (χ0) is 29.9. The predicted molar refractivity (Wildman–Crippen MR) is 175 cm³/mol. The smallest absolute Gasteiger partial charge is 0.0768 e. The van der Waals surface area contributed by atoms with Crippen LogP contribution >= 0.6 is 0 Å². The van der Waals surface area contributed by atoms with Gasteiger partial charge in [0.25, 0.3) is 0 Å². The van der Waals surface area contributed by atoms with E-state index in [-0.39, 0.29) is 0 Å². The maximum atomic E-state index is 5.40. The molecular formula is C40H37N3. The van der Waals surface area contributed by atoms with E-state index in [2.05, 4.69) is 155 Å². The second-order valence-electron chi connectivity index (χ2n) is 12.0. The highest BCUT2D eigenvalue weighted by Gasteiger charge is 2.37. The number of rotatable bonds is 8. The number of aromatic nitrogens is 3. The molecule has 3 nitrogen and oxygen atoms in total. The molecule has 0 saturated heterocycles. The van der Waals surface area contributed by atoms with Gasteiger partial charge in [-0.15, -0.1) is 0 Å². The molecule has 1 atom stereocenters. The highest BCUT2D eigenvalue weighted by Crippen LogP contribution is 2.41. The summed E-state index contributed by atoms with van der Waals surface area (Å²) < 4.78 is 0. The average Bonchev–Trinajstić information content (AvgIpc) is 3.09.